The molecule has 0 spiro atoms. The zero-order chi connectivity index (χ0) is 13.7. The zero-order valence-corrected chi connectivity index (χ0v) is 11.1. The molecule has 0 bridgehead atoms. The summed E-state index contributed by atoms with van der Waals surface area (Å²) >= 11 is 0. The van der Waals surface area contributed by atoms with Crippen molar-refractivity contribution in [2.75, 3.05) is 13.1 Å². The molecule has 3 nitrogen and oxygen atoms in total. The molecule has 0 aromatic heterocycles. The Hall–Kier alpha value is -1.42. The molecule has 0 radical (unpaired) electrons. The number of rotatable bonds is 6. The van der Waals surface area contributed by atoms with E-state index < -0.39 is 11.9 Å². The van der Waals surface area contributed by atoms with Gasteiger partial charge in [-0.15, -0.1) is 0 Å². The Labute approximate surface area is 107 Å². The van der Waals surface area contributed by atoms with E-state index in [4.69, 9.17) is 5.11 Å². The zero-order valence-electron chi connectivity index (χ0n) is 11.1. The second kappa shape index (κ2) is 6.50. The third kappa shape index (κ3) is 4.11. The number of carboxylic acids is 1. The van der Waals surface area contributed by atoms with Crippen LogP contribution in [-0.4, -0.2) is 29.1 Å². The van der Waals surface area contributed by atoms with Crippen LogP contribution in [0.2, 0.25) is 0 Å². The Morgan fingerprint density at radius 3 is 2.72 bits per heavy atom. The first-order valence-electron chi connectivity index (χ1n) is 6.14. The van der Waals surface area contributed by atoms with Crippen LogP contribution < -0.4 is 0 Å². The van der Waals surface area contributed by atoms with Crippen molar-refractivity contribution >= 4 is 5.97 Å². The van der Waals surface area contributed by atoms with Gasteiger partial charge in [-0.2, -0.15) is 0 Å². The van der Waals surface area contributed by atoms with Crippen molar-refractivity contribution in [3.05, 3.63) is 35.1 Å². The minimum Gasteiger partial charge on any atom is -0.481 e. The summed E-state index contributed by atoms with van der Waals surface area (Å²) in [4.78, 5) is 12.9. The van der Waals surface area contributed by atoms with Crippen LogP contribution in [0.1, 0.15) is 25.0 Å². The molecule has 1 aromatic rings. The van der Waals surface area contributed by atoms with Crippen LogP contribution >= 0.6 is 0 Å². The van der Waals surface area contributed by atoms with Crippen LogP contribution in [0, 0.1) is 18.7 Å². The average molecular weight is 253 g/mol. The van der Waals surface area contributed by atoms with E-state index in [1.165, 1.54) is 12.1 Å². The summed E-state index contributed by atoms with van der Waals surface area (Å²) in [5.74, 6) is -1.47. The predicted octanol–water partition coefficient (Wildman–Crippen LogP) is 2.68. The topological polar surface area (TPSA) is 40.5 Å². The highest BCUT2D eigenvalue weighted by Crippen LogP contribution is 2.14. The van der Waals surface area contributed by atoms with E-state index in [9.17, 15) is 9.18 Å². The second-order valence-electron chi connectivity index (χ2n) is 4.64. The summed E-state index contributed by atoms with van der Waals surface area (Å²) in [5, 5.41) is 8.90. The highest BCUT2D eigenvalue weighted by Gasteiger charge is 2.16. The lowest BCUT2D eigenvalue weighted by atomic mass is 10.1. The van der Waals surface area contributed by atoms with E-state index in [0.29, 0.717) is 13.1 Å². The van der Waals surface area contributed by atoms with Crippen molar-refractivity contribution in [3.8, 4) is 0 Å². The van der Waals surface area contributed by atoms with E-state index in [1.54, 1.807) is 13.0 Å². The van der Waals surface area contributed by atoms with E-state index in [0.717, 1.165) is 17.7 Å². The molecule has 0 aliphatic heterocycles. The van der Waals surface area contributed by atoms with Gasteiger partial charge < -0.3 is 5.11 Å². The molecule has 100 valence electrons. The Morgan fingerprint density at radius 1 is 1.50 bits per heavy atom. The molecule has 4 heteroatoms. The summed E-state index contributed by atoms with van der Waals surface area (Å²) in [6.45, 7) is 7.39. The number of benzene rings is 1. The van der Waals surface area contributed by atoms with Crippen LogP contribution in [0.15, 0.2) is 18.2 Å². The second-order valence-corrected chi connectivity index (χ2v) is 4.64. The summed E-state index contributed by atoms with van der Waals surface area (Å²) in [5.41, 5.74) is 1.94. The van der Waals surface area contributed by atoms with Crippen molar-refractivity contribution in [2.24, 2.45) is 5.92 Å². The number of aliphatic carboxylic acids is 1. The number of carbonyl (C=O) groups is 1. The number of hydrogen-bond acceptors (Lipinski definition) is 2. The minimum atomic E-state index is -0.801. The van der Waals surface area contributed by atoms with Crippen LogP contribution in [0.5, 0.6) is 0 Å². The van der Waals surface area contributed by atoms with Crippen LogP contribution in [-0.2, 0) is 11.3 Å². The SMILES string of the molecule is CCN(Cc1cc(F)ccc1C)CC(C)C(=O)O. The van der Waals surface area contributed by atoms with Gasteiger partial charge in [0.25, 0.3) is 0 Å². The van der Waals surface area contributed by atoms with Gasteiger partial charge in [-0.1, -0.05) is 19.9 Å². The standard InChI is InChI=1S/C14H20FNO2/c1-4-16(8-11(3)14(17)18)9-12-7-13(15)6-5-10(12)2/h5-7,11H,4,8-9H2,1-3H3,(H,17,18). The molecular formula is C14H20FNO2. The largest absolute Gasteiger partial charge is 0.481 e. The van der Waals surface area contributed by atoms with Crippen molar-refractivity contribution in [2.45, 2.75) is 27.3 Å². The number of carboxylic acid groups (broad SMARTS) is 1. The van der Waals surface area contributed by atoms with Gasteiger partial charge in [0.05, 0.1) is 5.92 Å². The Morgan fingerprint density at radius 2 is 2.17 bits per heavy atom. The van der Waals surface area contributed by atoms with E-state index in [2.05, 4.69) is 0 Å². The van der Waals surface area contributed by atoms with Crippen LogP contribution in [0.25, 0.3) is 0 Å². The van der Waals surface area contributed by atoms with E-state index in [1.807, 2.05) is 18.7 Å². The first kappa shape index (κ1) is 14.6. The van der Waals surface area contributed by atoms with E-state index in [-0.39, 0.29) is 5.82 Å². The number of nitrogens with zero attached hydrogens (tertiary/aromatic N) is 1. The highest BCUT2D eigenvalue weighted by molar-refractivity contribution is 5.69. The Balaban J connectivity index is 2.73. The highest BCUT2D eigenvalue weighted by atomic mass is 19.1. The van der Waals surface area contributed by atoms with Gasteiger partial charge in [0.15, 0.2) is 0 Å². The van der Waals surface area contributed by atoms with Crippen LogP contribution in [0.3, 0.4) is 0 Å². The molecule has 1 atom stereocenters. The van der Waals surface area contributed by atoms with E-state index >= 15 is 0 Å². The summed E-state index contributed by atoms with van der Waals surface area (Å²) in [6, 6.07) is 4.71. The molecule has 0 fully saturated rings. The van der Waals surface area contributed by atoms with Crippen molar-refractivity contribution in [3.63, 3.8) is 0 Å². The predicted molar refractivity (Wildman–Crippen MR) is 68.9 cm³/mol. The number of aryl methyl sites for hydroxylation is 1. The van der Waals surface area contributed by atoms with Crippen molar-refractivity contribution < 1.29 is 14.3 Å². The normalized spacial score (nSPS) is 12.7. The van der Waals surface area contributed by atoms with Crippen molar-refractivity contribution in [1.29, 1.82) is 0 Å². The molecule has 0 aliphatic rings. The van der Waals surface area contributed by atoms with Crippen molar-refractivity contribution in [1.82, 2.24) is 4.90 Å². The molecule has 1 unspecified atom stereocenters. The summed E-state index contributed by atoms with van der Waals surface area (Å²) < 4.78 is 13.2. The van der Waals surface area contributed by atoms with Gasteiger partial charge in [-0.3, -0.25) is 9.69 Å². The molecule has 0 saturated carbocycles. The molecule has 0 amide bonds. The molecule has 0 aliphatic carbocycles. The minimum absolute atomic E-state index is 0.252. The van der Waals surface area contributed by atoms with Crippen LogP contribution in [0.4, 0.5) is 4.39 Å². The van der Waals surface area contributed by atoms with Gasteiger partial charge in [0.2, 0.25) is 0 Å². The van der Waals surface area contributed by atoms with Gasteiger partial charge in [-0.25, -0.2) is 4.39 Å². The summed E-state index contributed by atoms with van der Waals surface area (Å²) in [6.07, 6.45) is 0. The molecule has 1 rings (SSSR count). The molecule has 1 aromatic carbocycles. The van der Waals surface area contributed by atoms with Gasteiger partial charge in [0, 0.05) is 13.1 Å². The fourth-order valence-corrected chi connectivity index (χ4v) is 1.82. The van der Waals surface area contributed by atoms with Gasteiger partial charge in [-0.05, 0) is 36.7 Å². The van der Waals surface area contributed by atoms with Gasteiger partial charge in [0.1, 0.15) is 5.82 Å². The Kier molecular flexibility index (Phi) is 5.28. The lowest BCUT2D eigenvalue weighted by Crippen LogP contribution is -2.31. The molecule has 0 saturated heterocycles. The summed E-state index contributed by atoms with van der Waals surface area (Å²) in [7, 11) is 0. The fourth-order valence-electron chi connectivity index (χ4n) is 1.82. The quantitative estimate of drug-likeness (QED) is 0.847. The first-order valence-corrected chi connectivity index (χ1v) is 6.14. The maximum Gasteiger partial charge on any atom is 0.307 e. The molecule has 1 N–H and O–H groups in total. The monoisotopic (exact) mass is 253 g/mol. The smallest absolute Gasteiger partial charge is 0.307 e. The lowest BCUT2D eigenvalue weighted by molar-refractivity contribution is -0.141. The Bertz CT molecular complexity index is 420. The molecule has 0 heterocycles. The number of halogens is 1. The lowest BCUT2D eigenvalue weighted by Gasteiger charge is -2.23. The maximum absolute atomic E-state index is 13.2. The average Bonchev–Trinajstić information content (AvgIpc) is 2.32. The first-order chi connectivity index (χ1) is 8.43. The fraction of sp³-hybridized carbons (Fsp3) is 0.500. The van der Waals surface area contributed by atoms with Gasteiger partial charge >= 0.3 is 5.97 Å². The number of hydrogen-bond donors (Lipinski definition) is 1. The molecular weight excluding hydrogens is 233 g/mol. The molecule has 18 heavy (non-hydrogen) atoms. The third-order valence-corrected chi connectivity index (χ3v) is 3.11. The maximum atomic E-state index is 13.2. The third-order valence-electron chi connectivity index (χ3n) is 3.11.